The minimum absolute atomic E-state index is 0.0444. The summed E-state index contributed by atoms with van der Waals surface area (Å²) in [5.41, 5.74) is 0.0846. The first-order valence-electron chi connectivity index (χ1n) is 9.23. The lowest BCUT2D eigenvalue weighted by atomic mass is 9.96. The molecule has 6 nitrogen and oxygen atoms in total. The molecule has 1 atom stereocenters. The zero-order valence-electron chi connectivity index (χ0n) is 15.8. The molecule has 2 heterocycles. The number of amides is 1. The number of carbonyl (C=O) groups excluding carboxylic acids is 1. The van der Waals surface area contributed by atoms with Crippen LogP contribution in [0.1, 0.15) is 30.7 Å². The van der Waals surface area contributed by atoms with E-state index in [9.17, 15) is 9.90 Å². The molecule has 1 saturated heterocycles. The number of hydrogen-bond donors (Lipinski definition) is 1. The highest BCUT2D eigenvalue weighted by molar-refractivity contribution is 6.32. The van der Waals surface area contributed by atoms with E-state index in [4.69, 9.17) is 16.3 Å². The molecule has 2 aromatic rings. The molecule has 0 bridgehead atoms. The van der Waals surface area contributed by atoms with E-state index in [0.717, 1.165) is 17.8 Å². The lowest BCUT2D eigenvalue weighted by molar-refractivity contribution is -0.132. The first-order valence-corrected chi connectivity index (χ1v) is 9.61. The smallest absolute Gasteiger partial charge is 0.242 e. The molecule has 27 heavy (non-hydrogen) atoms. The Kier molecular flexibility index (Phi) is 6.07. The van der Waals surface area contributed by atoms with Crippen LogP contribution < -0.4 is 4.74 Å². The number of benzene rings is 1. The molecule has 1 aliphatic heterocycles. The van der Waals surface area contributed by atoms with Crippen molar-refractivity contribution in [3.8, 4) is 5.75 Å². The quantitative estimate of drug-likeness (QED) is 0.850. The summed E-state index contributed by atoms with van der Waals surface area (Å²) >= 11 is 6.17. The van der Waals surface area contributed by atoms with Crippen molar-refractivity contribution in [2.45, 2.75) is 45.3 Å². The molecule has 0 radical (unpaired) electrons. The van der Waals surface area contributed by atoms with Crippen molar-refractivity contribution in [3.63, 3.8) is 0 Å². The van der Waals surface area contributed by atoms with Gasteiger partial charge in [-0.3, -0.25) is 4.79 Å². The average Bonchev–Trinajstić information content (AvgIpc) is 2.92. The van der Waals surface area contributed by atoms with Crippen molar-refractivity contribution in [1.82, 2.24) is 14.5 Å². The molecule has 1 aromatic carbocycles. The summed E-state index contributed by atoms with van der Waals surface area (Å²) in [6.45, 7) is 5.43. The Bertz CT molecular complexity index is 808. The van der Waals surface area contributed by atoms with Crippen LogP contribution in [0.25, 0.3) is 0 Å². The second-order valence-corrected chi connectivity index (χ2v) is 7.69. The average molecular weight is 392 g/mol. The lowest BCUT2D eigenvalue weighted by Crippen LogP contribution is -2.39. The maximum Gasteiger partial charge on any atom is 0.242 e. The van der Waals surface area contributed by atoms with Crippen LogP contribution in [0.5, 0.6) is 5.75 Å². The van der Waals surface area contributed by atoms with Crippen LogP contribution in [0.3, 0.4) is 0 Å². The minimum atomic E-state index is -0.965. The Balaban J connectivity index is 1.57. The van der Waals surface area contributed by atoms with E-state index in [1.165, 1.54) is 0 Å². The van der Waals surface area contributed by atoms with Gasteiger partial charge in [-0.1, -0.05) is 17.7 Å². The Morgan fingerprint density at radius 3 is 2.89 bits per heavy atom. The standard InChI is InChI=1S/C20H26ClN3O3/c1-15-4-5-17(21)18(12-15)27-14-20(26)6-3-9-23(10-7-20)19(25)13-24-11-8-22-16(24)2/h4-5,8,11-12,26H,3,6-7,9-10,13-14H2,1-2H3. The van der Waals surface area contributed by atoms with Gasteiger partial charge in [-0.2, -0.15) is 0 Å². The Morgan fingerprint density at radius 1 is 1.33 bits per heavy atom. The van der Waals surface area contributed by atoms with Crippen LogP contribution in [0.2, 0.25) is 5.02 Å². The molecule has 1 aromatic heterocycles. The van der Waals surface area contributed by atoms with Crippen molar-refractivity contribution in [2.75, 3.05) is 19.7 Å². The predicted octanol–water partition coefficient (Wildman–Crippen LogP) is 2.98. The zero-order chi connectivity index (χ0) is 19.4. The number of hydrogen-bond acceptors (Lipinski definition) is 4. The van der Waals surface area contributed by atoms with Crippen molar-refractivity contribution < 1.29 is 14.6 Å². The number of halogens is 1. The normalized spacial score (nSPS) is 20.4. The molecule has 1 N–H and O–H groups in total. The number of aromatic nitrogens is 2. The number of carbonyl (C=O) groups is 1. The number of rotatable bonds is 5. The zero-order valence-corrected chi connectivity index (χ0v) is 16.6. The topological polar surface area (TPSA) is 67.6 Å². The first-order chi connectivity index (χ1) is 12.9. The second kappa shape index (κ2) is 8.31. The number of likely N-dealkylation sites (tertiary alicyclic amines) is 1. The molecule has 1 unspecified atom stereocenters. The van der Waals surface area contributed by atoms with E-state index >= 15 is 0 Å². The molecule has 3 rings (SSSR count). The fraction of sp³-hybridized carbons (Fsp3) is 0.500. The Labute approximate surface area is 164 Å². The van der Waals surface area contributed by atoms with E-state index in [1.807, 2.05) is 35.4 Å². The van der Waals surface area contributed by atoms with Gasteiger partial charge < -0.3 is 19.3 Å². The highest BCUT2D eigenvalue weighted by atomic mass is 35.5. The number of aliphatic hydroxyl groups is 1. The summed E-state index contributed by atoms with van der Waals surface area (Å²) in [5.74, 6) is 1.44. The summed E-state index contributed by atoms with van der Waals surface area (Å²) in [6, 6.07) is 5.58. The third-order valence-electron chi connectivity index (χ3n) is 5.08. The van der Waals surface area contributed by atoms with Gasteiger partial charge in [0.1, 0.15) is 30.3 Å². The van der Waals surface area contributed by atoms with E-state index in [0.29, 0.717) is 36.7 Å². The SMILES string of the molecule is Cc1ccc(Cl)c(OCC2(O)CCCN(C(=O)Cn3ccnc3C)CC2)c1. The van der Waals surface area contributed by atoms with Crippen LogP contribution in [0.15, 0.2) is 30.6 Å². The summed E-state index contributed by atoms with van der Waals surface area (Å²) < 4.78 is 7.65. The summed E-state index contributed by atoms with van der Waals surface area (Å²) in [7, 11) is 0. The minimum Gasteiger partial charge on any atom is -0.489 e. The van der Waals surface area contributed by atoms with Gasteiger partial charge >= 0.3 is 0 Å². The maximum absolute atomic E-state index is 12.6. The van der Waals surface area contributed by atoms with Gasteiger partial charge in [0.05, 0.1) is 5.02 Å². The van der Waals surface area contributed by atoms with Crippen LogP contribution >= 0.6 is 11.6 Å². The lowest BCUT2D eigenvalue weighted by Gasteiger charge is -2.27. The Hall–Kier alpha value is -2.05. The number of nitrogens with zero attached hydrogens (tertiary/aromatic N) is 3. The van der Waals surface area contributed by atoms with Crippen molar-refractivity contribution in [2.24, 2.45) is 0 Å². The predicted molar refractivity (Wildman–Crippen MR) is 104 cm³/mol. The van der Waals surface area contributed by atoms with Crippen molar-refractivity contribution in [3.05, 3.63) is 47.0 Å². The molecule has 0 saturated carbocycles. The van der Waals surface area contributed by atoms with Gasteiger partial charge in [-0.05, 0) is 50.8 Å². The first kappa shape index (κ1) is 19.7. The highest BCUT2D eigenvalue weighted by Gasteiger charge is 2.32. The second-order valence-electron chi connectivity index (χ2n) is 7.28. The summed E-state index contributed by atoms with van der Waals surface area (Å²) in [6.07, 6.45) is 5.30. The van der Waals surface area contributed by atoms with Gasteiger partial charge in [-0.25, -0.2) is 4.98 Å². The monoisotopic (exact) mass is 391 g/mol. The summed E-state index contributed by atoms with van der Waals surface area (Å²) in [4.78, 5) is 18.6. The van der Waals surface area contributed by atoms with E-state index in [-0.39, 0.29) is 19.1 Å². The molecular formula is C20H26ClN3O3. The molecule has 7 heteroatoms. The van der Waals surface area contributed by atoms with E-state index < -0.39 is 5.60 Å². The summed E-state index contributed by atoms with van der Waals surface area (Å²) in [5, 5.41) is 11.5. The van der Waals surface area contributed by atoms with E-state index in [2.05, 4.69) is 4.98 Å². The Morgan fingerprint density at radius 2 is 2.15 bits per heavy atom. The van der Waals surface area contributed by atoms with Gasteiger partial charge in [0.15, 0.2) is 0 Å². The third-order valence-corrected chi connectivity index (χ3v) is 5.39. The van der Waals surface area contributed by atoms with Crippen LogP contribution in [0.4, 0.5) is 0 Å². The maximum atomic E-state index is 12.6. The molecule has 146 valence electrons. The van der Waals surface area contributed by atoms with Gasteiger partial charge in [0.2, 0.25) is 5.91 Å². The molecule has 1 aliphatic rings. The largest absolute Gasteiger partial charge is 0.489 e. The van der Waals surface area contributed by atoms with Crippen molar-refractivity contribution in [1.29, 1.82) is 0 Å². The van der Waals surface area contributed by atoms with Crippen LogP contribution in [0, 0.1) is 13.8 Å². The van der Waals surface area contributed by atoms with Crippen LogP contribution in [-0.4, -0.2) is 50.8 Å². The highest BCUT2D eigenvalue weighted by Crippen LogP contribution is 2.29. The molecule has 1 amide bonds. The third kappa shape index (κ3) is 5.02. The fourth-order valence-electron chi connectivity index (χ4n) is 3.32. The van der Waals surface area contributed by atoms with Crippen LogP contribution in [-0.2, 0) is 11.3 Å². The molecule has 0 spiro atoms. The molecule has 1 fully saturated rings. The number of imidazole rings is 1. The van der Waals surface area contributed by atoms with Gasteiger partial charge in [-0.15, -0.1) is 0 Å². The molecule has 0 aliphatic carbocycles. The number of ether oxygens (including phenoxy) is 1. The van der Waals surface area contributed by atoms with Gasteiger partial charge in [0.25, 0.3) is 0 Å². The molecular weight excluding hydrogens is 366 g/mol. The van der Waals surface area contributed by atoms with Crippen molar-refractivity contribution >= 4 is 17.5 Å². The fourth-order valence-corrected chi connectivity index (χ4v) is 3.49. The number of aryl methyl sites for hydroxylation is 2. The van der Waals surface area contributed by atoms with E-state index in [1.54, 1.807) is 18.5 Å². The van der Waals surface area contributed by atoms with Gasteiger partial charge in [0, 0.05) is 25.5 Å².